The lowest BCUT2D eigenvalue weighted by Gasteiger charge is -2.22. The highest BCUT2D eigenvalue weighted by Gasteiger charge is 2.30. The first-order chi connectivity index (χ1) is 12.9. The van der Waals surface area contributed by atoms with Gasteiger partial charge in [0.05, 0.1) is 22.5 Å². The van der Waals surface area contributed by atoms with E-state index < -0.39 is 12.7 Å². The van der Waals surface area contributed by atoms with Crippen molar-refractivity contribution in [1.29, 1.82) is 0 Å². The predicted molar refractivity (Wildman–Crippen MR) is 93.8 cm³/mol. The lowest BCUT2D eigenvalue weighted by molar-refractivity contribution is -0.142. The van der Waals surface area contributed by atoms with Crippen LogP contribution in [0.1, 0.15) is 41.7 Å². The Bertz CT molecular complexity index is 862. The molecule has 2 aromatic heterocycles. The maximum Gasteiger partial charge on any atom is 0.408 e. The SMILES string of the molecule is O=Cc1c(Cl)cncc1OCC1=C(c2ccnn2CC(F)(F)F)CCCC1. The molecule has 1 aliphatic carbocycles. The fourth-order valence-corrected chi connectivity index (χ4v) is 3.34. The van der Waals surface area contributed by atoms with Crippen molar-refractivity contribution >= 4 is 23.5 Å². The summed E-state index contributed by atoms with van der Waals surface area (Å²) in [6.07, 6.45) is 3.51. The van der Waals surface area contributed by atoms with Crippen LogP contribution in [-0.4, -0.2) is 33.8 Å². The van der Waals surface area contributed by atoms with Crippen molar-refractivity contribution in [2.75, 3.05) is 6.61 Å². The van der Waals surface area contributed by atoms with Gasteiger partial charge in [0.1, 0.15) is 18.9 Å². The van der Waals surface area contributed by atoms with E-state index in [-0.39, 0.29) is 22.9 Å². The van der Waals surface area contributed by atoms with Crippen molar-refractivity contribution in [2.45, 2.75) is 38.4 Å². The fraction of sp³-hybridized carbons (Fsp3) is 0.389. The first-order valence-corrected chi connectivity index (χ1v) is 8.78. The first kappa shape index (κ1) is 19.4. The Morgan fingerprint density at radius 2 is 2.04 bits per heavy atom. The molecule has 9 heteroatoms. The summed E-state index contributed by atoms with van der Waals surface area (Å²) in [6.45, 7) is -0.990. The number of nitrogens with zero attached hydrogens (tertiary/aromatic N) is 3. The molecular weight excluding hydrogens is 383 g/mol. The van der Waals surface area contributed by atoms with Crippen LogP contribution in [0.25, 0.3) is 5.57 Å². The number of aromatic nitrogens is 3. The first-order valence-electron chi connectivity index (χ1n) is 8.40. The monoisotopic (exact) mass is 399 g/mol. The van der Waals surface area contributed by atoms with Gasteiger partial charge >= 0.3 is 6.18 Å². The summed E-state index contributed by atoms with van der Waals surface area (Å²) in [4.78, 5) is 15.1. The van der Waals surface area contributed by atoms with Gasteiger partial charge in [-0.1, -0.05) is 11.6 Å². The third kappa shape index (κ3) is 4.68. The molecule has 0 fully saturated rings. The quantitative estimate of drug-likeness (QED) is 0.660. The minimum atomic E-state index is -4.35. The third-order valence-electron chi connectivity index (χ3n) is 4.36. The molecule has 144 valence electrons. The van der Waals surface area contributed by atoms with Crippen molar-refractivity contribution < 1.29 is 22.7 Å². The fourth-order valence-electron chi connectivity index (χ4n) is 3.14. The second-order valence-electron chi connectivity index (χ2n) is 6.22. The predicted octanol–water partition coefficient (Wildman–Crippen LogP) is 4.71. The molecular formula is C18H17ClF3N3O2. The number of aldehydes is 1. The van der Waals surface area contributed by atoms with Crippen LogP contribution in [0.5, 0.6) is 5.75 Å². The van der Waals surface area contributed by atoms with Crippen LogP contribution < -0.4 is 4.74 Å². The molecule has 0 radical (unpaired) electrons. The van der Waals surface area contributed by atoms with E-state index in [9.17, 15) is 18.0 Å². The van der Waals surface area contributed by atoms with Crippen LogP contribution in [0.15, 0.2) is 30.2 Å². The van der Waals surface area contributed by atoms with Crippen molar-refractivity contribution in [3.8, 4) is 5.75 Å². The molecule has 0 aromatic carbocycles. The highest BCUT2D eigenvalue weighted by atomic mass is 35.5. The second kappa shape index (κ2) is 8.12. The molecule has 27 heavy (non-hydrogen) atoms. The van der Waals surface area contributed by atoms with Crippen molar-refractivity contribution in [2.24, 2.45) is 0 Å². The standard InChI is InChI=1S/C18H17ClF3N3O2/c19-15-7-23-8-17(14(15)9-26)27-10-12-3-1-2-4-13(12)16-5-6-24-25(16)11-18(20,21)22/h5-9H,1-4,10-11H2. The van der Waals surface area contributed by atoms with Gasteiger partial charge in [-0.15, -0.1) is 0 Å². The molecule has 0 spiro atoms. The number of carbonyl (C=O) groups excluding carboxylic acids is 1. The van der Waals surface area contributed by atoms with E-state index in [1.165, 1.54) is 18.6 Å². The van der Waals surface area contributed by atoms with E-state index in [2.05, 4.69) is 10.1 Å². The number of rotatable bonds is 6. The minimum absolute atomic E-state index is 0.148. The minimum Gasteiger partial charge on any atom is -0.487 e. The van der Waals surface area contributed by atoms with Gasteiger partial charge in [0.25, 0.3) is 0 Å². The summed E-state index contributed by atoms with van der Waals surface area (Å²) < 4.78 is 45.1. The number of hydrogen-bond acceptors (Lipinski definition) is 4. The number of carbonyl (C=O) groups is 1. The third-order valence-corrected chi connectivity index (χ3v) is 4.66. The van der Waals surface area contributed by atoms with Gasteiger partial charge in [0.2, 0.25) is 0 Å². The van der Waals surface area contributed by atoms with E-state index in [1.54, 1.807) is 6.07 Å². The van der Waals surface area contributed by atoms with Gasteiger partial charge in [0, 0.05) is 12.4 Å². The second-order valence-corrected chi connectivity index (χ2v) is 6.63. The molecule has 0 amide bonds. The number of ether oxygens (including phenoxy) is 1. The summed E-state index contributed by atoms with van der Waals surface area (Å²) >= 11 is 5.94. The number of alkyl halides is 3. The smallest absolute Gasteiger partial charge is 0.408 e. The number of pyridine rings is 1. The number of hydrogen-bond donors (Lipinski definition) is 0. The molecule has 0 unspecified atom stereocenters. The Kier molecular flexibility index (Phi) is 5.84. The molecule has 2 heterocycles. The average molecular weight is 400 g/mol. The summed E-state index contributed by atoms with van der Waals surface area (Å²) in [7, 11) is 0. The van der Waals surface area contributed by atoms with E-state index in [0.717, 1.165) is 28.7 Å². The normalized spacial score (nSPS) is 15.1. The van der Waals surface area contributed by atoms with Crippen LogP contribution >= 0.6 is 11.6 Å². The lowest BCUT2D eigenvalue weighted by Crippen LogP contribution is -2.21. The Morgan fingerprint density at radius 3 is 2.78 bits per heavy atom. The van der Waals surface area contributed by atoms with E-state index >= 15 is 0 Å². The van der Waals surface area contributed by atoms with Gasteiger partial charge in [0.15, 0.2) is 6.29 Å². The highest BCUT2D eigenvalue weighted by Crippen LogP contribution is 2.34. The van der Waals surface area contributed by atoms with Gasteiger partial charge in [-0.3, -0.25) is 14.5 Å². The van der Waals surface area contributed by atoms with Crippen molar-refractivity contribution in [3.63, 3.8) is 0 Å². The molecule has 1 aliphatic rings. The summed E-state index contributed by atoms with van der Waals surface area (Å²) in [6, 6.07) is 1.59. The topological polar surface area (TPSA) is 57.0 Å². The molecule has 0 N–H and O–H groups in total. The van der Waals surface area contributed by atoms with E-state index in [4.69, 9.17) is 16.3 Å². The molecule has 0 saturated heterocycles. The Balaban J connectivity index is 1.87. The van der Waals surface area contributed by atoms with Crippen LogP contribution in [-0.2, 0) is 6.54 Å². The lowest BCUT2D eigenvalue weighted by atomic mass is 9.90. The van der Waals surface area contributed by atoms with E-state index in [1.807, 2.05) is 0 Å². The molecule has 0 atom stereocenters. The molecule has 2 aromatic rings. The zero-order valence-corrected chi connectivity index (χ0v) is 15.1. The van der Waals surface area contributed by atoms with Crippen LogP contribution in [0.4, 0.5) is 13.2 Å². The van der Waals surface area contributed by atoms with Crippen molar-refractivity contribution in [3.05, 3.63) is 46.5 Å². The van der Waals surface area contributed by atoms with Crippen LogP contribution in [0, 0.1) is 0 Å². The molecule has 0 aliphatic heterocycles. The number of allylic oxidation sites excluding steroid dienone is 1. The van der Waals surface area contributed by atoms with Gasteiger partial charge in [-0.25, -0.2) is 0 Å². The summed E-state index contributed by atoms with van der Waals surface area (Å²) in [5, 5.41) is 4.00. The molecule has 3 rings (SSSR count). The highest BCUT2D eigenvalue weighted by molar-refractivity contribution is 6.33. The van der Waals surface area contributed by atoms with Crippen LogP contribution in [0.3, 0.4) is 0 Å². The van der Waals surface area contributed by atoms with Gasteiger partial charge in [-0.05, 0) is 42.9 Å². The van der Waals surface area contributed by atoms with Crippen molar-refractivity contribution in [1.82, 2.24) is 14.8 Å². The summed E-state index contributed by atoms with van der Waals surface area (Å²) in [5.74, 6) is 0.249. The molecule has 0 bridgehead atoms. The maximum atomic E-state index is 12.8. The summed E-state index contributed by atoms with van der Waals surface area (Å²) in [5.41, 5.74) is 2.35. The Hall–Kier alpha value is -2.35. The van der Waals surface area contributed by atoms with Crippen LogP contribution in [0.2, 0.25) is 5.02 Å². The molecule has 5 nitrogen and oxygen atoms in total. The van der Waals surface area contributed by atoms with Gasteiger partial charge < -0.3 is 4.74 Å². The largest absolute Gasteiger partial charge is 0.487 e. The van der Waals surface area contributed by atoms with Gasteiger partial charge in [-0.2, -0.15) is 18.3 Å². The Labute approximate surface area is 158 Å². The zero-order chi connectivity index (χ0) is 19.4. The molecule has 0 saturated carbocycles. The Morgan fingerprint density at radius 1 is 1.26 bits per heavy atom. The number of halogens is 4. The maximum absolute atomic E-state index is 12.8. The average Bonchev–Trinajstić information content (AvgIpc) is 3.06. The van der Waals surface area contributed by atoms with E-state index in [0.29, 0.717) is 24.8 Å². The zero-order valence-electron chi connectivity index (χ0n) is 14.3.